The van der Waals surface area contributed by atoms with E-state index in [0.717, 1.165) is 16.7 Å². The number of thioether (sulfide) groups is 1. The average molecular weight is 417 g/mol. The zero-order valence-corrected chi connectivity index (χ0v) is 15.8. The van der Waals surface area contributed by atoms with Crippen LogP contribution >= 0.6 is 24.0 Å². The normalized spacial score (nSPS) is 15.2. The molecule has 6 nitrogen and oxygen atoms in total. The molecule has 0 bridgehead atoms. The molecule has 3 rings (SSSR count). The number of carbonyl (C=O) groups is 3. The molecule has 1 aliphatic heterocycles. The lowest BCUT2D eigenvalue weighted by Crippen LogP contribution is -2.33. The van der Waals surface area contributed by atoms with Crippen LogP contribution < -0.4 is 4.74 Å². The van der Waals surface area contributed by atoms with E-state index in [2.05, 4.69) is 0 Å². The number of aliphatic carboxylic acids is 1. The second-order valence-electron chi connectivity index (χ2n) is 5.63. The lowest BCUT2D eigenvalue weighted by molar-refractivity contribution is -0.140. The minimum atomic E-state index is -1.15. The second-order valence-corrected chi connectivity index (χ2v) is 7.30. The smallest absolute Gasteiger partial charge is 0.343 e. The third-order valence-electron chi connectivity index (χ3n) is 3.64. The quantitative estimate of drug-likeness (QED) is 0.346. The summed E-state index contributed by atoms with van der Waals surface area (Å²) < 4.78 is 18.3. The number of benzene rings is 2. The van der Waals surface area contributed by atoms with E-state index in [0.29, 0.717) is 10.5 Å². The maximum atomic E-state index is 12.9. The van der Waals surface area contributed by atoms with E-state index in [1.807, 2.05) is 0 Å². The van der Waals surface area contributed by atoms with Crippen LogP contribution in [0, 0.1) is 5.82 Å². The maximum Gasteiger partial charge on any atom is 0.343 e. The van der Waals surface area contributed by atoms with Gasteiger partial charge in [-0.3, -0.25) is 14.5 Å². The third-order valence-corrected chi connectivity index (χ3v) is 5.01. The van der Waals surface area contributed by atoms with Crippen LogP contribution in [-0.4, -0.2) is 38.7 Å². The van der Waals surface area contributed by atoms with E-state index in [1.165, 1.54) is 24.3 Å². The Balaban J connectivity index is 1.69. The molecule has 0 aromatic heterocycles. The summed E-state index contributed by atoms with van der Waals surface area (Å²) in [7, 11) is 0. The van der Waals surface area contributed by atoms with E-state index in [-0.39, 0.29) is 15.6 Å². The molecule has 0 aliphatic carbocycles. The van der Waals surface area contributed by atoms with Crippen molar-refractivity contribution in [2.45, 2.75) is 0 Å². The molecule has 2 aromatic carbocycles. The lowest BCUT2D eigenvalue weighted by atomic mass is 10.2. The fourth-order valence-electron chi connectivity index (χ4n) is 2.31. The van der Waals surface area contributed by atoms with Gasteiger partial charge in [0.2, 0.25) is 0 Å². The Labute approximate surface area is 168 Å². The summed E-state index contributed by atoms with van der Waals surface area (Å²) in [6.07, 6.45) is 1.58. The van der Waals surface area contributed by atoms with Gasteiger partial charge in [-0.15, -0.1) is 0 Å². The van der Waals surface area contributed by atoms with E-state index in [1.54, 1.807) is 30.3 Å². The molecule has 1 N–H and O–H groups in total. The standard InChI is InChI=1S/C19H12FNO5S2/c20-13-5-3-12(4-6-13)18(25)26-14-7-1-11(2-8-14)9-15-17(24)21(10-16(22)23)19(27)28-15/h1-9H,10H2,(H,22,23)/b15-9+. The van der Waals surface area contributed by atoms with Crippen molar-refractivity contribution in [2.24, 2.45) is 0 Å². The summed E-state index contributed by atoms with van der Waals surface area (Å²) in [5, 5.41) is 8.84. The Morgan fingerprint density at radius 3 is 2.39 bits per heavy atom. The first-order valence-electron chi connectivity index (χ1n) is 7.88. The highest BCUT2D eigenvalue weighted by Gasteiger charge is 2.33. The number of hydrogen-bond acceptors (Lipinski definition) is 6. The van der Waals surface area contributed by atoms with E-state index in [9.17, 15) is 18.8 Å². The van der Waals surface area contributed by atoms with Gasteiger partial charge in [0.15, 0.2) is 0 Å². The molecule has 1 aliphatic rings. The van der Waals surface area contributed by atoms with Crippen molar-refractivity contribution in [3.05, 3.63) is 70.4 Å². The van der Waals surface area contributed by atoms with Gasteiger partial charge in [-0.25, -0.2) is 9.18 Å². The van der Waals surface area contributed by atoms with E-state index in [4.69, 9.17) is 22.1 Å². The molecule has 0 unspecified atom stereocenters. The summed E-state index contributed by atoms with van der Waals surface area (Å²) in [6, 6.07) is 11.3. The van der Waals surface area contributed by atoms with Gasteiger partial charge in [-0.1, -0.05) is 36.1 Å². The van der Waals surface area contributed by atoms with Crippen LogP contribution in [0.3, 0.4) is 0 Å². The predicted octanol–water partition coefficient (Wildman–Crippen LogP) is 3.33. The average Bonchev–Trinajstić information content (AvgIpc) is 2.91. The van der Waals surface area contributed by atoms with Gasteiger partial charge >= 0.3 is 11.9 Å². The number of carbonyl (C=O) groups excluding carboxylic acids is 2. The van der Waals surface area contributed by atoms with Crippen LogP contribution in [0.25, 0.3) is 6.08 Å². The number of rotatable bonds is 5. The molecule has 0 saturated carbocycles. The molecule has 2 aromatic rings. The summed E-state index contributed by atoms with van der Waals surface area (Å²) >= 11 is 6.06. The Morgan fingerprint density at radius 1 is 1.14 bits per heavy atom. The van der Waals surface area contributed by atoms with E-state index >= 15 is 0 Å². The van der Waals surface area contributed by atoms with Gasteiger partial charge in [0.05, 0.1) is 10.5 Å². The molecule has 142 valence electrons. The first-order chi connectivity index (χ1) is 13.3. The fourth-order valence-corrected chi connectivity index (χ4v) is 3.56. The topological polar surface area (TPSA) is 83.9 Å². The molecule has 1 amide bonds. The largest absolute Gasteiger partial charge is 0.480 e. The van der Waals surface area contributed by atoms with Gasteiger partial charge in [0.25, 0.3) is 5.91 Å². The van der Waals surface area contributed by atoms with Gasteiger partial charge in [0, 0.05) is 0 Å². The number of thiocarbonyl (C=S) groups is 1. The number of carboxylic acid groups (broad SMARTS) is 1. The Bertz CT molecular complexity index is 986. The molecule has 1 fully saturated rings. The van der Waals surface area contributed by atoms with Crippen LogP contribution in [0.2, 0.25) is 0 Å². The van der Waals surface area contributed by atoms with Crippen molar-refractivity contribution in [3.63, 3.8) is 0 Å². The molecule has 1 saturated heterocycles. The van der Waals surface area contributed by atoms with Crippen molar-refractivity contribution in [2.75, 3.05) is 6.54 Å². The molecule has 0 radical (unpaired) electrons. The van der Waals surface area contributed by atoms with E-state index < -0.39 is 30.2 Å². The minimum absolute atomic E-state index is 0.184. The Morgan fingerprint density at radius 2 is 1.79 bits per heavy atom. The molecule has 9 heteroatoms. The summed E-state index contributed by atoms with van der Waals surface area (Å²) in [6.45, 7) is -0.486. The third kappa shape index (κ3) is 4.62. The van der Waals surface area contributed by atoms with Crippen LogP contribution in [0.4, 0.5) is 4.39 Å². The first kappa shape index (κ1) is 19.7. The highest BCUT2D eigenvalue weighted by Crippen LogP contribution is 2.32. The molecule has 1 heterocycles. The minimum Gasteiger partial charge on any atom is -0.480 e. The van der Waals surface area contributed by atoms with Crippen molar-refractivity contribution < 1.29 is 28.6 Å². The number of hydrogen-bond donors (Lipinski definition) is 1. The predicted molar refractivity (Wildman–Crippen MR) is 105 cm³/mol. The molecular weight excluding hydrogens is 405 g/mol. The van der Waals surface area contributed by atoms with Crippen LogP contribution in [0.1, 0.15) is 15.9 Å². The second kappa shape index (κ2) is 8.32. The zero-order valence-electron chi connectivity index (χ0n) is 14.1. The monoisotopic (exact) mass is 417 g/mol. The van der Waals surface area contributed by atoms with Crippen LogP contribution in [-0.2, 0) is 9.59 Å². The van der Waals surface area contributed by atoms with Crippen molar-refractivity contribution in [1.29, 1.82) is 0 Å². The zero-order chi connectivity index (χ0) is 20.3. The highest BCUT2D eigenvalue weighted by atomic mass is 32.2. The lowest BCUT2D eigenvalue weighted by Gasteiger charge is -2.10. The van der Waals surface area contributed by atoms with Crippen LogP contribution in [0.5, 0.6) is 5.75 Å². The molecule has 0 atom stereocenters. The number of esters is 1. The SMILES string of the molecule is O=C(O)CN1C(=O)/C(=C\c2ccc(OC(=O)c3ccc(F)cc3)cc2)SC1=S. The van der Waals surface area contributed by atoms with Crippen LogP contribution in [0.15, 0.2) is 53.4 Å². The van der Waals surface area contributed by atoms with Gasteiger partial charge in [-0.2, -0.15) is 0 Å². The summed E-state index contributed by atoms with van der Waals surface area (Å²) in [5.41, 5.74) is 0.866. The maximum absolute atomic E-state index is 12.9. The molecule has 28 heavy (non-hydrogen) atoms. The fraction of sp³-hybridized carbons (Fsp3) is 0.0526. The van der Waals surface area contributed by atoms with Crippen molar-refractivity contribution >= 4 is 52.2 Å². The number of halogens is 1. The van der Waals surface area contributed by atoms with Gasteiger partial charge < -0.3 is 9.84 Å². The number of carboxylic acids is 1. The summed E-state index contributed by atoms with van der Waals surface area (Å²) in [4.78, 5) is 36.4. The number of amides is 1. The van der Waals surface area contributed by atoms with Crippen molar-refractivity contribution in [3.8, 4) is 5.75 Å². The molecular formula is C19H12FNO5S2. The number of ether oxygens (including phenoxy) is 1. The Kier molecular flexibility index (Phi) is 5.86. The first-order valence-corrected chi connectivity index (χ1v) is 9.11. The van der Waals surface area contributed by atoms with Crippen molar-refractivity contribution in [1.82, 2.24) is 4.90 Å². The Hall–Kier alpha value is -3.04. The van der Waals surface area contributed by atoms with Gasteiger partial charge in [-0.05, 0) is 48.0 Å². The molecule has 0 spiro atoms. The summed E-state index contributed by atoms with van der Waals surface area (Å²) in [5.74, 6) is -2.41. The highest BCUT2D eigenvalue weighted by molar-refractivity contribution is 8.26. The number of nitrogens with zero attached hydrogens (tertiary/aromatic N) is 1. The van der Waals surface area contributed by atoms with Gasteiger partial charge in [0.1, 0.15) is 22.4 Å².